The summed E-state index contributed by atoms with van der Waals surface area (Å²) in [6, 6.07) is -5.54. The third kappa shape index (κ3) is 17.6. The minimum absolute atomic E-state index is 0.0228. The predicted molar refractivity (Wildman–Crippen MR) is 227 cm³/mol. The summed E-state index contributed by atoms with van der Waals surface area (Å²) in [7, 11) is 1.63. The molecule has 59 heavy (non-hydrogen) atoms. The van der Waals surface area contributed by atoms with E-state index < -0.39 is 83.8 Å². The lowest BCUT2D eigenvalue weighted by molar-refractivity contribution is -0.150. The van der Waals surface area contributed by atoms with E-state index in [1.54, 1.807) is 48.6 Å². The van der Waals surface area contributed by atoms with Crippen LogP contribution in [0.3, 0.4) is 0 Å². The van der Waals surface area contributed by atoms with Crippen molar-refractivity contribution in [2.45, 2.75) is 194 Å². The van der Waals surface area contributed by atoms with Crippen molar-refractivity contribution in [2.24, 2.45) is 23.5 Å². The molecule has 0 bridgehead atoms. The van der Waals surface area contributed by atoms with Gasteiger partial charge in [-0.05, 0) is 112 Å². The Kier molecular flexibility index (Phi) is 20.6. The summed E-state index contributed by atoms with van der Waals surface area (Å²) in [6.07, 6.45) is 7.01. The van der Waals surface area contributed by atoms with E-state index in [9.17, 15) is 33.9 Å². The van der Waals surface area contributed by atoms with Gasteiger partial charge in [0.1, 0.15) is 23.7 Å². The number of amides is 5. The van der Waals surface area contributed by atoms with Crippen molar-refractivity contribution in [3.05, 3.63) is 0 Å². The molecule has 2 aliphatic rings. The largest absolute Gasteiger partial charge is 0.480 e. The summed E-state index contributed by atoms with van der Waals surface area (Å²) in [4.78, 5) is 85.8. The molecular weight excluding hydrogens is 759 g/mol. The van der Waals surface area contributed by atoms with Gasteiger partial charge < -0.3 is 46.5 Å². The molecule has 16 nitrogen and oxygen atoms in total. The number of ether oxygens (including phenoxy) is 2. The minimum Gasteiger partial charge on any atom is -0.480 e. The van der Waals surface area contributed by atoms with Gasteiger partial charge >= 0.3 is 12.1 Å². The molecule has 0 aromatic carbocycles. The number of rotatable bonds is 21. The van der Waals surface area contributed by atoms with Crippen LogP contribution in [-0.2, 0) is 33.4 Å². The van der Waals surface area contributed by atoms with Gasteiger partial charge in [0.25, 0.3) is 0 Å². The number of carboxylic acid groups (broad SMARTS) is 1. The standard InChI is InChI=1S/C43H79N7O9/c1-26(2)22-33(49(12)39(54)28(4)50(27(3)23-44)25-30-18-16-17-19-30)37(52)48-35(31-20-14-13-15-21-31)38(53)46-32(24-45-41(57)59-43(9,10)11)36(51)47-34(40(55)56)29(5)58-42(6,7)8/h26-35H,13-25,44H2,1-12H3,(H,45,57)(H,46,53)(H,47,51)(H,48,52)(H,55,56)/t27-,28-,29-,32-,33-,34-,35-/m0/s1. The van der Waals surface area contributed by atoms with Gasteiger partial charge in [0.15, 0.2) is 6.04 Å². The molecule has 0 aromatic rings. The zero-order valence-electron chi connectivity index (χ0n) is 38.2. The Morgan fingerprint density at radius 3 is 1.86 bits per heavy atom. The predicted octanol–water partition coefficient (Wildman–Crippen LogP) is 3.94. The third-order valence-electron chi connectivity index (χ3n) is 11.3. The first-order valence-corrected chi connectivity index (χ1v) is 21.9. The molecule has 2 fully saturated rings. The van der Waals surface area contributed by atoms with Crippen molar-refractivity contribution >= 4 is 35.7 Å². The Hall–Kier alpha value is -3.50. The molecule has 0 radical (unpaired) electrons. The van der Waals surface area contributed by atoms with Gasteiger partial charge in [0.05, 0.1) is 24.3 Å². The number of nitrogens with zero attached hydrogens (tertiary/aromatic N) is 2. The quantitative estimate of drug-likeness (QED) is 0.0973. The molecule has 0 aliphatic heterocycles. The average Bonchev–Trinajstić information content (AvgIpc) is 3.66. The summed E-state index contributed by atoms with van der Waals surface area (Å²) in [5, 5.41) is 20.8. The first-order chi connectivity index (χ1) is 27.3. The van der Waals surface area contributed by atoms with E-state index in [4.69, 9.17) is 15.2 Å². The van der Waals surface area contributed by atoms with Gasteiger partial charge in [0.2, 0.25) is 23.6 Å². The van der Waals surface area contributed by atoms with Crippen molar-refractivity contribution in [1.82, 2.24) is 31.1 Å². The van der Waals surface area contributed by atoms with Crippen molar-refractivity contribution in [3.8, 4) is 0 Å². The number of carboxylic acids is 1. The maximum absolute atomic E-state index is 14.5. The molecule has 0 unspecified atom stereocenters. The zero-order chi connectivity index (χ0) is 44.8. The molecule has 0 saturated heterocycles. The first kappa shape index (κ1) is 51.6. The smallest absolute Gasteiger partial charge is 0.407 e. The second kappa shape index (κ2) is 23.5. The number of hydrogen-bond acceptors (Lipinski definition) is 10. The third-order valence-corrected chi connectivity index (χ3v) is 11.3. The monoisotopic (exact) mass is 838 g/mol. The van der Waals surface area contributed by atoms with Crippen LogP contribution < -0.4 is 27.0 Å². The van der Waals surface area contributed by atoms with Crippen molar-refractivity contribution in [1.29, 1.82) is 0 Å². The number of hydrogen-bond donors (Lipinski definition) is 6. The number of carbonyl (C=O) groups is 6. The normalized spacial score (nSPS) is 19.2. The average molecular weight is 838 g/mol. The molecule has 0 heterocycles. The van der Waals surface area contributed by atoms with E-state index in [0.717, 1.165) is 38.6 Å². The van der Waals surface area contributed by atoms with Gasteiger partial charge in [0, 0.05) is 26.2 Å². The maximum Gasteiger partial charge on any atom is 0.407 e. The first-order valence-electron chi connectivity index (χ1n) is 21.9. The number of likely N-dealkylation sites (N-methyl/N-ethyl adjacent to an activating group) is 1. The van der Waals surface area contributed by atoms with Crippen LogP contribution in [0.2, 0.25) is 0 Å². The van der Waals surface area contributed by atoms with Crippen LogP contribution >= 0.6 is 0 Å². The Balaban J connectivity index is 2.45. The lowest BCUT2D eigenvalue weighted by atomic mass is 9.83. The minimum atomic E-state index is -1.49. The molecule has 2 saturated carbocycles. The van der Waals surface area contributed by atoms with Crippen LogP contribution in [0.5, 0.6) is 0 Å². The molecule has 5 amide bonds. The molecule has 7 N–H and O–H groups in total. The Bertz CT molecular complexity index is 1390. The highest BCUT2D eigenvalue weighted by molar-refractivity contribution is 5.96. The summed E-state index contributed by atoms with van der Waals surface area (Å²) >= 11 is 0. The van der Waals surface area contributed by atoms with Gasteiger partial charge in [-0.25, -0.2) is 9.59 Å². The van der Waals surface area contributed by atoms with E-state index in [-0.39, 0.29) is 23.8 Å². The van der Waals surface area contributed by atoms with Crippen molar-refractivity contribution in [2.75, 3.05) is 26.7 Å². The summed E-state index contributed by atoms with van der Waals surface area (Å²) in [5.41, 5.74) is 4.54. The molecule has 0 aromatic heterocycles. The second-order valence-electron chi connectivity index (χ2n) is 19.3. The summed E-state index contributed by atoms with van der Waals surface area (Å²) in [5.74, 6) is -3.40. The fourth-order valence-corrected chi connectivity index (χ4v) is 8.17. The summed E-state index contributed by atoms with van der Waals surface area (Å²) < 4.78 is 11.2. The van der Waals surface area contributed by atoms with Crippen LogP contribution in [0.15, 0.2) is 0 Å². The Morgan fingerprint density at radius 1 is 0.780 bits per heavy atom. The number of aliphatic carboxylic acids is 1. The van der Waals surface area contributed by atoms with E-state index in [2.05, 4.69) is 26.2 Å². The van der Waals surface area contributed by atoms with Crippen molar-refractivity contribution < 1.29 is 43.3 Å². The van der Waals surface area contributed by atoms with E-state index in [1.165, 1.54) is 24.7 Å². The van der Waals surface area contributed by atoms with Gasteiger partial charge in [-0.15, -0.1) is 0 Å². The SMILES string of the molecule is CC(C)C[C@@H](C(=O)N[C@H](C(=O)N[C@@H](CNC(=O)OC(C)(C)C)C(=O)N[C@H](C(=O)O)[C@H](C)OC(C)(C)C)C1CCCCC1)N(C)C(=O)[C@H](C)N(CC1CCCC1)[C@@H](C)CN. The molecule has 340 valence electrons. The van der Waals surface area contributed by atoms with Gasteiger partial charge in [-0.2, -0.15) is 0 Å². The number of nitrogens with two attached hydrogens (primary N) is 1. The van der Waals surface area contributed by atoms with E-state index in [1.807, 2.05) is 27.7 Å². The molecule has 16 heteroatoms. The Labute approximate surface area is 353 Å². The van der Waals surface area contributed by atoms with Gasteiger partial charge in [-0.3, -0.25) is 24.1 Å². The lowest BCUT2D eigenvalue weighted by Gasteiger charge is -2.39. The second-order valence-corrected chi connectivity index (χ2v) is 19.3. The zero-order valence-corrected chi connectivity index (χ0v) is 38.2. The number of alkyl carbamates (subject to hydrolysis) is 1. The highest BCUT2D eigenvalue weighted by Gasteiger charge is 2.40. The highest BCUT2D eigenvalue weighted by atomic mass is 16.6. The van der Waals surface area contributed by atoms with Crippen LogP contribution in [-0.4, -0.2) is 131 Å². The van der Waals surface area contributed by atoms with E-state index in [0.29, 0.717) is 31.7 Å². The molecule has 2 aliphatic carbocycles. The van der Waals surface area contributed by atoms with Crippen LogP contribution in [0.1, 0.15) is 140 Å². The topological polar surface area (TPSA) is 222 Å². The maximum atomic E-state index is 14.5. The number of nitrogens with one attached hydrogen (secondary N) is 4. The molecular formula is C43H79N7O9. The van der Waals surface area contributed by atoms with Crippen LogP contribution in [0.4, 0.5) is 4.79 Å². The molecule has 2 rings (SSSR count). The highest BCUT2D eigenvalue weighted by Crippen LogP contribution is 2.29. The molecule has 0 spiro atoms. The molecule has 7 atom stereocenters. The van der Waals surface area contributed by atoms with E-state index >= 15 is 0 Å². The fraction of sp³-hybridized carbons (Fsp3) is 0.860. The lowest BCUT2D eigenvalue weighted by Crippen LogP contribution is -2.63. The van der Waals surface area contributed by atoms with Crippen LogP contribution in [0.25, 0.3) is 0 Å². The van der Waals surface area contributed by atoms with Crippen LogP contribution in [0, 0.1) is 17.8 Å². The Morgan fingerprint density at radius 2 is 1.36 bits per heavy atom. The number of carbonyl (C=O) groups excluding carboxylic acids is 5. The fourth-order valence-electron chi connectivity index (χ4n) is 8.17. The van der Waals surface area contributed by atoms with Gasteiger partial charge in [-0.1, -0.05) is 46.0 Å². The summed E-state index contributed by atoms with van der Waals surface area (Å²) in [6.45, 7) is 20.3. The van der Waals surface area contributed by atoms with Crippen molar-refractivity contribution in [3.63, 3.8) is 0 Å².